The Balaban J connectivity index is 2.07. The maximum absolute atomic E-state index is 12.2. The first kappa shape index (κ1) is 13.3. The summed E-state index contributed by atoms with van der Waals surface area (Å²) in [6, 6.07) is 8.06. The Morgan fingerprint density at radius 3 is 2.29 bits per heavy atom. The van der Waals surface area contributed by atoms with E-state index >= 15 is 0 Å². The molecule has 0 spiro atoms. The van der Waals surface area contributed by atoms with Gasteiger partial charge in [-0.2, -0.15) is 0 Å². The highest BCUT2D eigenvalue weighted by molar-refractivity contribution is 6.05. The standard InChI is InChI=1S/C15H12O6/c16-8-3-1-7(2-4-8)15-14(20)13(19)12-10(18)5-9(17)6-11(12)21-15/h1-6,14-18,20H/t14-,15-/m0/s1. The van der Waals surface area contributed by atoms with Crippen LogP contribution in [0.3, 0.4) is 0 Å². The van der Waals surface area contributed by atoms with E-state index < -0.39 is 23.7 Å². The van der Waals surface area contributed by atoms with Gasteiger partial charge in [0.15, 0.2) is 12.2 Å². The van der Waals surface area contributed by atoms with Gasteiger partial charge in [0.25, 0.3) is 0 Å². The number of Topliss-reactive ketones (excluding diaryl/α,β-unsaturated/α-hetero) is 1. The summed E-state index contributed by atoms with van der Waals surface area (Å²) >= 11 is 0. The van der Waals surface area contributed by atoms with Gasteiger partial charge in [-0.25, -0.2) is 0 Å². The molecule has 4 N–H and O–H groups in total. The van der Waals surface area contributed by atoms with Crippen molar-refractivity contribution in [1.29, 1.82) is 0 Å². The van der Waals surface area contributed by atoms with E-state index in [0.29, 0.717) is 5.56 Å². The predicted octanol–water partition coefficient (Wildman–Crippen LogP) is 1.48. The maximum Gasteiger partial charge on any atom is 0.202 e. The van der Waals surface area contributed by atoms with E-state index in [1.807, 2.05) is 0 Å². The van der Waals surface area contributed by atoms with Gasteiger partial charge in [-0.15, -0.1) is 0 Å². The quantitative estimate of drug-likeness (QED) is 0.633. The summed E-state index contributed by atoms with van der Waals surface area (Å²) in [4.78, 5) is 12.2. The molecular weight excluding hydrogens is 276 g/mol. The molecule has 3 rings (SSSR count). The number of ether oxygens (including phenoxy) is 1. The monoisotopic (exact) mass is 288 g/mol. The van der Waals surface area contributed by atoms with Crippen molar-refractivity contribution in [1.82, 2.24) is 0 Å². The number of aromatic hydroxyl groups is 3. The molecule has 1 heterocycles. The number of aliphatic hydroxyl groups excluding tert-OH is 1. The zero-order valence-corrected chi connectivity index (χ0v) is 10.7. The molecule has 0 amide bonds. The second-order valence-electron chi connectivity index (χ2n) is 4.78. The van der Waals surface area contributed by atoms with Gasteiger partial charge in [0.05, 0.1) is 0 Å². The number of carbonyl (C=O) groups excluding carboxylic acids is 1. The van der Waals surface area contributed by atoms with Crippen LogP contribution in [0.5, 0.6) is 23.0 Å². The molecular formula is C15H12O6. The number of carbonyl (C=O) groups is 1. The summed E-state index contributed by atoms with van der Waals surface area (Å²) in [5, 5.41) is 38.5. The lowest BCUT2D eigenvalue weighted by Crippen LogP contribution is -2.36. The van der Waals surface area contributed by atoms with E-state index in [-0.39, 0.29) is 22.8 Å². The molecule has 0 saturated heterocycles. The minimum atomic E-state index is -1.49. The first-order chi connectivity index (χ1) is 9.97. The fourth-order valence-corrected chi connectivity index (χ4v) is 2.33. The summed E-state index contributed by atoms with van der Waals surface area (Å²) in [7, 11) is 0. The Bertz CT molecular complexity index is 707. The number of ketones is 1. The van der Waals surface area contributed by atoms with E-state index in [2.05, 4.69) is 0 Å². The third-order valence-electron chi connectivity index (χ3n) is 3.34. The third kappa shape index (κ3) is 2.15. The molecule has 0 aliphatic carbocycles. The molecule has 21 heavy (non-hydrogen) atoms. The molecule has 6 nitrogen and oxygen atoms in total. The van der Waals surface area contributed by atoms with Gasteiger partial charge in [0.1, 0.15) is 28.6 Å². The molecule has 2 aromatic rings. The van der Waals surface area contributed by atoms with Gasteiger partial charge >= 0.3 is 0 Å². The van der Waals surface area contributed by atoms with Crippen LogP contribution in [0.25, 0.3) is 0 Å². The van der Waals surface area contributed by atoms with E-state index in [0.717, 1.165) is 6.07 Å². The summed E-state index contributed by atoms with van der Waals surface area (Å²) in [5.41, 5.74) is 0.331. The molecule has 6 heteroatoms. The van der Waals surface area contributed by atoms with Gasteiger partial charge in [-0.3, -0.25) is 4.79 Å². The van der Waals surface area contributed by atoms with Crippen LogP contribution in [-0.2, 0) is 0 Å². The second-order valence-corrected chi connectivity index (χ2v) is 4.78. The molecule has 2 atom stereocenters. The molecule has 0 aromatic heterocycles. The minimum Gasteiger partial charge on any atom is -0.508 e. The SMILES string of the molecule is O=C1c2c(O)cc(O)cc2O[C@@H](c2ccc(O)cc2)[C@H]1O. The van der Waals surface area contributed by atoms with Crippen LogP contribution in [-0.4, -0.2) is 32.3 Å². The average molecular weight is 288 g/mol. The zero-order valence-electron chi connectivity index (χ0n) is 10.7. The van der Waals surface area contributed by atoms with Crippen molar-refractivity contribution in [3.8, 4) is 23.0 Å². The Labute approximate surface area is 119 Å². The van der Waals surface area contributed by atoms with Crippen molar-refractivity contribution in [2.45, 2.75) is 12.2 Å². The Morgan fingerprint density at radius 2 is 1.62 bits per heavy atom. The average Bonchev–Trinajstić information content (AvgIpc) is 2.43. The number of fused-ring (bicyclic) bond motifs is 1. The van der Waals surface area contributed by atoms with Crippen molar-refractivity contribution in [2.75, 3.05) is 0 Å². The molecule has 1 aliphatic heterocycles. The van der Waals surface area contributed by atoms with Crippen molar-refractivity contribution >= 4 is 5.78 Å². The van der Waals surface area contributed by atoms with Crippen LogP contribution in [0.2, 0.25) is 0 Å². The maximum atomic E-state index is 12.2. The minimum absolute atomic E-state index is 0.000810. The number of rotatable bonds is 1. The number of aliphatic hydroxyl groups is 1. The smallest absolute Gasteiger partial charge is 0.202 e. The molecule has 0 bridgehead atoms. The van der Waals surface area contributed by atoms with Gasteiger partial charge in [0, 0.05) is 12.1 Å². The fourth-order valence-electron chi connectivity index (χ4n) is 2.33. The second kappa shape index (κ2) is 4.68. The Hall–Kier alpha value is -2.73. The van der Waals surface area contributed by atoms with Crippen molar-refractivity contribution in [3.63, 3.8) is 0 Å². The van der Waals surface area contributed by atoms with Crippen LogP contribution >= 0.6 is 0 Å². The predicted molar refractivity (Wildman–Crippen MR) is 71.6 cm³/mol. The zero-order chi connectivity index (χ0) is 15.1. The Kier molecular flexibility index (Phi) is 2.95. The van der Waals surface area contributed by atoms with Crippen molar-refractivity contribution in [3.05, 3.63) is 47.5 Å². The lowest BCUT2D eigenvalue weighted by Gasteiger charge is -2.30. The molecule has 0 unspecified atom stereocenters. The first-order valence-electron chi connectivity index (χ1n) is 6.21. The summed E-state index contributed by atoms with van der Waals surface area (Å²) in [6.07, 6.45) is -2.47. The van der Waals surface area contributed by atoms with Crippen LogP contribution in [0.1, 0.15) is 22.0 Å². The summed E-state index contributed by atoms with van der Waals surface area (Å²) in [6.45, 7) is 0. The van der Waals surface area contributed by atoms with Gasteiger partial charge < -0.3 is 25.2 Å². The van der Waals surface area contributed by atoms with Crippen molar-refractivity contribution < 1.29 is 30.0 Å². The van der Waals surface area contributed by atoms with E-state index in [1.54, 1.807) is 0 Å². The highest BCUT2D eigenvalue weighted by Crippen LogP contribution is 2.41. The molecule has 0 fully saturated rings. The largest absolute Gasteiger partial charge is 0.508 e. The molecule has 108 valence electrons. The molecule has 0 radical (unpaired) electrons. The molecule has 0 saturated carbocycles. The van der Waals surface area contributed by atoms with Gasteiger partial charge in [-0.05, 0) is 17.7 Å². The Morgan fingerprint density at radius 1 is 0.952 bits per heavy atom. The highest BCUT2D eigenvalue weighted by Gasteiger charge is 2.39. The number of benzene rings is 2. The number of phenolic OH excluding ortho intramolecular Hbond substituents is 3. The normalized spacial score (nSPS) is 20.7. The molecule has 1 aliphatic rings. The lowest BCUT2D eigenvalue weighted by molar-refractivity contribution is 0.0210. The summed E-state index contributed by atoms with van der Waals surface area (Å²) in [5.74, 6) is -1.34. The third-order valence-corrected chi connectivity index (χ3v) is 3.34. The van der Waals surface area contributed by atoms with Crippen LogP contribution in [0.4, 0.5) is 0 Å². The number of phenols is 3. The van der Waals surface area contributed by atoms with E-state index in [4.69, 9.17) is 4.74 Å². The topological polar surface area (TPSA) is 107 Å². The number of hydrogen-bond donors (Lipinski definition) is 4. The first-order valence-corrected chi connectivity index (χ1v) is 6.21. The number of hydrogen-bond acceptors (Lipinski definition) is 6. The van der Waals surface area contributed by atoms with Gasteiger partial charge in [-0.1, -0.05) is 12.1 Å². The lowest BCUT2D eigenvalue weighted by atomic mass is 9.93. The van der Waals surface area contributed by atoms with Crippen molar-refractivity contribution in [2.24, 2.45) is 0 Å². The highest BCUT2D eigenvalue weighted by atomic mass is 16.5. The fraction of sp³-hybridized carbons (Fsp3) is 0.133. The van der Waals surface area contributed by atoms with Crippen LogP contribution in [0.15, 0.2) is 36.4 Å². The van der Waals surface area contributed by atoms with Crippen LogP contribution in [0, 0.1) is 0 Å². The van der Waals surface area contributed by atoms with E-state index in [9.17, 15) is 25.2 Å². The summed E-state index contributed by atoms with van der Waals surface area (Å²) < 4.78 is 5.53. The van der Waals surface area contributed by atoms with E-state index in [1.165, 1.54) is 30.3 Å². The van der Waals surface area contributed by atoms with Crippen LogP contribution < -0.4 is 4.74 Å². The van der Waals surface area contributed by atoms with Gasteiger partial charge in [0.2, 0.25) is 5.78 Å². The molecule has 2 aromatic carbocycles.